The predicted molar refractivity (Wildman–Crippen MR) is 87.3 cm³/mol. The van der Waals surface area contributed by atoms with Gasteiger partial charge in [-0.25, -0.2) is 9.67 Å². The molecule has 1 aliphatic heterocycles. The molecule has 3 atom stereocenters. The molecule has 2 aromatic rings. The zero-order chi connectivity index (χ0) is 15.6. The minimum Gasteiger partial charge on any atom is -0.323 e. The van der Waals surface area contributed by atoms with Gasteiger partial charge >= 0.3 is 0 Å². The molecule has 120 valence electrons. The first-order chi connectivity index (χ1) is 11.3. The molecular formula is C17H21N5O. The Bertz CT molecular complexity index is 653. The van der Waals surface area contributed by atoms with Crippen LogP contribution >= 0.6 is 0 Å². The van der Waals surface area contributed by atoms with Crippen molar-refractivity contribution in [3.8, 4) is 5.82 Å². The maximum Gasteiger partial charge on any atom is 0.241 e. The molecule has 0 spiro atoms. The number of carbonyl (C=O) groups is 1. The van der Waals surface area contributed by atoms with Crippen molar-refractivity contribution in [1.82, 2.24) is 20.1 Å². The first-order valence-corrected chi connectivity index (χ1v) is 8.32. The van der Waals surface area contributed by atoms with E-state index in [2.05, 4.69) is 20.7 Å². The summed E-state index contributed by atoms with van der Waals surface area (Å²) in [4.78, 5) is 16.8. The fourth-order valence-corrected chi connectivity index (χ4v) is 3.75. The van der Waals surface area contributed by atoms with E-state index in [1.165, 1.54) is 25.7 Å². The maximum atomic E-state index is 12.5. The highest BCUT2D eigenvalue weighted by Gasteiger charge is 2.38. The summed E-state index contributed by atoms with van der Waals surface area (Å²) in [6.07, 6.45) is 11.2. The Labute approximate surface area is 135 Å². The summed E-state index contributed by atoms with van der Waals surface area (Å²) in [5, 5.41) is 10.6. The zero-order valence-corrected chi connectivity index (χ0v) is 13.0. The molecule has 1 saturated heterocycles. The van der Waals surface area contributed by atoms with Crippen LogP contribution in [0.4, 0.5) is 5.69 Å². The summed E-state index contributed by atoms with van der Waals surface area (Å²) in [7, 11) is 0. The minimum atomic E-state index is -0.0751. The average molecular weight is 311 g/mol. The van der Waals surface area contributed by atoms with Gasteiger partial charge < -0.3 is 10.6 Å². The fourth-order valence-electron chi connectivity index (χ4n) is 3.75. The molecule has 0 radical (unpaired) electrons. The Morgan fingerprint density at radius 3 is 2.96 bits per heavy atom. The Kier molecular flexibility index (Phi) is 3.83. The molecule has 1 saturated carbocycles. The van der Waals surface area contributed by atoms with Gasteiger partial charge in [0.2, 0.25) is 5.91 Å². The van der Waals surface area contributed by atoms with E-state index in [9.17, 15) is 4.79 Å². The highest BCUT2D eigenvalue weighted by molar-refractivity contribution is 5.95. The number of carbonyl (C=O) groups excluding carboxylic acids is 1. The zero-order valence-electron chi connectivity index (χ0n) is 13.0. The number of fused-ring (bicyclic) bond motifs is 1. The highest BCUT2D eigenvalue weighted by Crippen LogP contribution is 2.33. The normalized spacial score (nSPS) is 26.7. The van der Waals surface area contributed by atoms with Crippen LogP contribution in [-0.4, -0.2) is 32.8 Å². The summed E-state index contributed by atoms with van der Waals surface area (Å²) in [6, 6.07) is 6.02. The number of anilines is 1. The molecule has 6 heteroatoms. The first-order valence-electron chi connectivity index (χ1n) is 8.32. The van der Waals surface area contributed by atoms with Gasteiger partial charge in [0.15, 0.2) is 5.82 Å². The number of hydrogen-bond donors (Lipinski definition) is 2. The Balaban J connectivity index is 1.39. The van der Waals surface area contributed by atoms with E-state index in [4.69, 9.17) is 0 Å². The maximum absolute atomic E-state index is 12.5. The lowest BCUT2D eigenvalue weighted by Gasteiger charge is -2.24. The molecule has 23 heavy (non-hydrogen) atoms. The van der Waals surface area contributed by atoms with Crippen LogP contribution < -0.4 is 10.6 Å². The Morgan fingerprint density at radius 1 is 1.30 bits per heavy atom. The minimum absolute atomic E-state index is 0.0491. The van der Waals surface area contributed by atoms with Gasteiger partial charge in [-0.05, 0) is 43.4 Å². The number of rotatable bonds is 3. The van der Waals surface area contributed by atoms with E-state index in [0.29, 0.717) is 12.0 Å². The molecule has 3 heterocycles. The summed E-state index contributed by atoms with van der Waals surface area (Å²) < 4.78 is 1.69. The second kappa shape index (κ2) is 6.12. The molecule has 3 unspecified atom stereocenters. The number of aromatic nitrogens is 3. The van der Waals surface area contributed by atoms with Crippen LogP contribution in [0.1, 0.15) is 32.1 Å². The van der Waals surface area contributed by atoms with Gasteiger partial charge in [0.1, 0.15) is 0 Å². The number of nitrogens with zero attached hydrogens (tertiary/aromatic N) is 3. The molecule has 0 aromatic carbocycles. The third kappa shape index (κ3) is 2.99. The van der Waals surface area contributed by atoms with Crippen molar-refractivity contribution in [3.05, 3.63) is 36.8 Å². The lowest BCUT2D eigenvalue weighted by Crippen LogP contribution is -2.39. The van der Waals surface area contributed by atoms with Crippen LogP contribution in [0.15, 0.2) is 36.8 Å². The van der Waals surface area contributed by atoms with Crippen LogP contribution in [-0.2, 0) is 4.79 Å². The van der Waals surface area contributed by atoms with E-state index >= 15 is 0 Å². The van der Waals surface area contributed by atoms with Crippen molar-refractivity contribution >= 4 is 11.6 Å². The molecule has 2 aromatic heterocycles. The molecule has 0 bridgehead atoms. The summed E-state index contributed by atoms with van der Waals surface area (Å²) >= 11 is 0. The molecule has 2 aliphatic rings. The van der Waals surface area contributed by atoms with Crippen molar-refractivity contribution in [2.75, 3.05) is 5.32 Å². The fraction of sp³-hybridized carbons (Fsp3) is 0.471. The molecule has 4 rings (SSSR count). The topological polar surface area (TPSA) is 71.8 Å². The molecule has 1 amide bonds. The van der Waals surface area contributed by atoms with Crippen molar-refractivity contribution in [1.29, 1.82) is 0 Å². The molecule has 6 nitrogen and oxygen atoms in total. The smallest absolute Gasteiger partial charge is 0.241 e. The van der Waals surface area contributed by atoms with E-state index in [0.717, 1.165) is 17.9 Å². The highest BCUT2D eigenvalue weighted by atomic mass is 16.2. The number of amides is 1. The second-order valence-corrected chi connectivity index (χ2v) is 6.45. The van der Waals surface area contributed by atoms with Crippen LogP contribution in [0, 0.1) is 5.92 Å². The SMILES string of the molecule is O=C(Nc1ccc(-n2cccn2)nc1)C1CC2CCCCC2N1. The van der Waals surface area contributed by atoms with Gasteiger partial charge in [0.05, 0.1) is 17.9 Å². The molecule has 2 N–H and O–H groups in total. The van der Waals surface area contributed by atoms with E-state index < -0.39 is 0 Å². The molecule has 1 aliphatic carbocycles. The standard InChI is InChI=1S/C17H21N5O/c23-17(15-10-12-4-1-2-5-14(12)21-15)20-13-6-7-16(18-11-13)22-9-3-8-19-22/h3,6-9,11-12,14-15,21H,1-2,4-5,10H2,(H,20,23). The lowest BCUT2D eigenvalue weighted by molar-refractivity contribution is -0.117. The number of hydrogen-bond acceptors (Lipinski definition) is 4. The summed E-state index contributed by atoms with van der Waals surface area (Å²) in [5.74, 6) is 1.45. The van der Waals surface area contributed by atoms with E-state index in [1.54, 1.807) is 17.1 Å². The van der Waals surface area contributed by atoms with E-state index in [1.807, 2.05) is 24.4 Å². The number of nitrogens with one attached hydrogen (secondary N) is 2. The average Bonchev–Trinajstić information content (AvgIpc) is 3.25. The molecule has 2 fully saturated rings. The quantitative estimate of drug-likeness (QED) is 0.911. The predicted octanol–water partition coefficient (Wildman–Crippen LogP) is 2.13. The van der Waals surface area contributed by atoms with Crippen LogP contribution in [0.2, 0.25) is 0 Å². The van der Waals surface area contributed by atoms with Gasteiger partial charge in [0, 0.05) is 18.4 Å². The van der Waals surface area contributed by atoms with Crippen molar-refractivity contribution in [3.63, 3.8) is 0 Å². The molecular weight excluding hydrogens is 290 g/mol. The van der Waals surface area contributed by atoms with Gasteiger partial charge in [-0.3, -0.25) is 4.79 Å². The van der Waals surface area contributed by atoms with Gasteiger partial charge in [-0.15, -0.1) is 0 Å². The van der Waals surface area contributed by atoms with Crippen LogP contribution in [0.5, 0.6) is 0 Å². The first kappa shape index (κ1) is 14.4. The van der Waals surface area contributed by atoms with Gasteiger partial charge in [-0.2, -0.15) is 5.10 Å². The van der Waals surface area contributed by atoms with Gasteiger partial charge in [0.25, 0.3) is 0 Å². The summed E-state index contributed by atoms with van der Waals surface area (Å²) in [5.41, 5.74) is 0.725. The lowest BCUT2D eigenvalue weighted by atomic mass is 9.85. The van der Waals surface area contributed by atoms with Crippen molar-refractivity contribution in [2.45, 2.75) is 44.2 Å². The van der Waals surface area contributed by atoms with Crippen LogP contribution in [0.3, 0.4) is 0 Å². The van der Waals surface area contributed by atoms with Crippen LogP contribution in [0.25, 0.3) is 5.82 Å². The third-order valence-electron chi connectivity index (χ3n) is 4.93. The summed E-state index contributed by atoms with van der Waals surface area (Å²) in [6.45, 7) is 0. The second-order valence-electron chi connectivity index (χ2n) is 6.45. The van der Waals surface area contributed by atoms with Gasteiger partial charge in [-0.1, -0.05) is 12.8 Å². The number of pyridine rings is 1. The van der Waals surface area contributed by atoms with Crippen molar-refractivity contribution < 1.29 is 4.79 Å². The largest absolute Gasteiger partial charge is 0.323 e. The van der Waals surface area contributed by atoms with E-state index in [-0.39, 0.29) is 11.9 Å². The Morgan fingerprint density at radius 2 is 2.22 bits per heavy atom. The Hall–Kier alpha value is -2.21. The van der Waals surface area contributed by atoms with Crippen molar-refractivity contribution in [2.24, 2.45) is 5.92 Å². The monoisotopic (exact) mass is 311 g/mol. The third-order valence-corrected chi connectivity index (χ3v) is 4.93.